The van der Waals surface area contributed by atoms with Crippen LogP contribution in [0.4, 0.5) is 0 Å². The van der Waals surface area contributed by atoms with Crippen molar-refractivity contribution in [1.29, 1.82) is 0 Å². The van der Waals surface area contributed by atoms with Crippen LogP contribution >= 0.6 is 0 Å². The minimum Gasteiger partial charge on any atom is -0.446 e. The topological polar surface area (TPSA) is 25.2 Å². The van der Waals surface area contributed by atoms with Gasteiger partial charge in [-0.15, -0.1) is 0 Å². The fraction of sp³-hybridized carbons (Fsp3) is 0.125. The molecule has 92 valence electrons. The minimum atomic E-state index is -0.295. The summed E-state index contributed by atoms with van der Waals surface area (Å²) in [7, 11) is 0. The van der Waals surface area contributed by atoms with Crippen molar-refractivity contribution >= 4 is 23.3 Å². The van der Waals surface area contributed by atoms with E-state index >= 15 is 0 Å². The Balaban J connectivity index is 1.91. The van der Waals surface area contributed by atoms with E-state index in [9.17, 15) is 5.02 Å². The van der Waals surface area contributed by atoms with E-state index in [1.54, 1.807) is 0 Å². The van der Waals surface area contributed by atoms with Gasteiger partial charge in [0.05, 0.1) is 5.52 Å². The second-order valence-corrected chi connectivity index (χ2v) is 5.18. The van der Waals surface area contributed by atoms with Crippen LogP contribution in [0.5, 0.6) is 0 Å². The molecular weight excluding hydrogens is 233 g/mol. The summed E-state index contributed by atoms with van der Waals surface area (Å²) < 4.78 is 2.18. The number of rotatable bonds is 1. The SMILES string of the molecule is OB1CCc2ccc(-n3ccc4ccccc43)cc21. The molecular formula is C16H14BNO. The summed E-state index contributed by atoms with van der Waals surface area (Å²) in [6.45, 7) is -0.295. The summed E-state index contributed by atoms with van der Waals surface area (Å²) in [5.74, 6) is 0. The lowest BCUT2D eigenvalue weighted by Gasteiger charge is -2.09. The van der Waals surface area contributed by atoms with Crippen molar-refractivity contribution in [3.05, 3.63) is 60.3 Å². The number of para-hydroxylation sites is 1. The number of aryl methyl sites for hydroxylation is 1. The van der Waals surface area contributed by atoms with E-state index in [1.165, 1.54) is 16.5 Å². The van der Waals surface area contributed by atoms with E-state index in [0.29, 0.717) is 0 Å². The molecule has 3 aromatic rings. The van der Waals surface area contributed by atoms with Crippen LogP contribution in [-0.2, 0) is 6.42 Å². The molecule has 0 saturated heterocycles. The summed E-state index contributed by atoms with van der Waals surface area (Å²) in [6, 6.07) is 16.9. The van der Waals surface area contributed by atoms with Crippen molar-refractivity contribution in [1.82, 2.24) is 4.57 Å². The Morgan fingerprint density at radius 1 is 1.05 bits per heavy atom. The predicted molar refractivity (Wildman–Crippen MR) is 79.4 cm³/mol. The van der Waals surface area contributed by atoms with Crippen LogP contribution in [-0.4, -0.2) is 16.5 Å². The molecule has 0 fully saturated rings. The molecule has 0 unspecified atom stereocenters. The highest BCUT2D eigenvalue weighted by molar-refractivity contribution is 6.68. The molecule has 0 saturated carbocycles. The summed E-state index contributed by atoms with van der Waals surface area (Å²) in [5.41, 5.74) is 4.71. The highest BCUT2D eigenvalue weighted by Crippen LogP contribution is 2.22. The van der Waals surface area contributed by atoms with Crippen LogP contribution in [0.3, 0.4) is 0 Å². The first kappa shape index (κ1) is 10.9. The molecule has 1 aliphatic heterocycles. The molecule has 3 heteroatoms. The van der Waals surface area contributed by atoms with Gasteiger partial charge < -0.3 is 9.59 Å². The minimum absolute atomic E-state index is 0.295. The van der Waals surface area contributed by atoms with Gasteiger partial charge in [-0.05, 0) is 47.9 Å². The number of hydrogen-bond donors (Lipinski definition) is 1. The summed E-state index contributed by atoms with van der Waals surface area (Å²) >= 11 is 0. The quantitative estimate of drug-likeness (QED) is 0.656. The fourth-order valence-electron chi connectivity index (χ4n) is 3.03. The zero-order chi connectivity index (χ0) is 12.8. The Morgan fingerprint density at radius 2 is 1.95 bits per heavy atom. The van der Waals surface area contributed by atoms with E-state index < -0.39 is 0 Å². The Bertz CT molecular complexity index is 762. The van der Waals surface area contributed by atoms with Crippen molar-refractivity contribution in [2.75, 3.05) is 0 Å². The van der Waals surface area contributed by atoms with E-state index in [2.05, 4.69) is 59.3 Å². The van der Waals surface area contributed by atoms with Gasteiger partial charge in [-0.2, -0.15) is 0 Å². The van der Waals surface area contributed by atoms with Crippen molar-refractivity contribution in [2.45, 2.75) is 12.7 Å². The van der Waals surface area contributed by atoms with Gasteiger partial charge >= 0.3 is 6.92 Å². The molecule has 0 amide bonds. The summed E-state index contributed by atoms with van der Waals surface area (Å²) in [4.78, 5) is 0. The molecule has 4 rings (SSSR count). The zero-order valence-electron chi connectivity index (χ0n) is 10.6. The third kappa shape index (κ3) is 1.62. The molecule has 0 bridgehead atoms. The van der Waals surface area contributed by atoms with E-state index in [-0.39, 0.29) is 6.92 Å². The van der Waals surface area contributed by atoms with E-state index in [4.69, 9.17) is 0 Å². The molecule has 0 atom stereocenters. The van der Waals surface area contributed by atoms with Gasteiger partial charge in [-0.3, -0.25) is 0 Å². The molecule has 2 aromatic carbocycles. The Labute approximate surface area is 112 Å². The van der Waals surface area contributed by atoms with Crippen LogP contribution < -0.4 is 5.46 Å². The number of fused-ring (bicyclic) bond motifs is 2. The maximum atomic E-state index is 10.0. The zero-order valence-corrected chi connectivity index (χ0v) is 10.6. The molecule has 19 heavy (non-hydrogen) atoms. The summed E-state index contributed by atoms with van der Waals surface area (Å²) in [5, 5.41) is 11.2. The van der Waals surface area contributed by atoms with Gasteiger partial charge in [0.15, 0.2) is 0 Å². The first-order valence-electron chi connectivity index (χ1n) is 6.70. The fourth-order valence-corrected chi connectivity index (χ4v) is 3.03. The first-order valence-corrected chi connectivity index (χ1v) is 6.70. The second-order valence-electron chi connectivity index (χ2n) is 5.18. The maximum absolute atomic E-state index is 10.0. The van der Waals surface area contributed by atoms with Crippen molar-refractivity contribution in [3.63, 3.8) is 0 Å². The maximum Gasteiger partial charge on any atom is 0.324 e. The molecule has 2 nitrogen and oxygen atoms in total. The van der Waals surface area contributed by atoms with Crippen LogP contribution in [0.15, 0.2) is 54.7 Å². The highest BCUT2D eigenvalue weighted by Gasteiger charge is 2.25. The van der Waals surface area contributed by atoms with Gasteiger partial charge in [-0.1, -0.05) is 29.8 Å². The molecule has 0 radical (unpaired) electrons. The van der Waals surface area contributed by atoms with E-state index in [0.717, 1.165) is 23.9 Å². The monoisotopic (exact) mass is 247 g/mol. The van der Waals surface area contributed by atoms with Gasteiger partial charge in [0, 0.05) is 11.9 Å². The van der Waals surface area contributed by atoms with Gasteiger partial charge in [0.1, 0.15) is 0 Å². The Hall–Kier alpha value is -2.00. The van der Waals surface area contributed by atoms with Crippen molar-refractivity contribution in [3.8, 4) is 5.69 Å². The highest BCUT2D eigenvalue weighted by atomic mass is 16.2. The van der Waals surface area contributed by atoms with Crippen molar-refractivity contribution in [2.24, 2.45) is 0 Å². The largest absolute Gasteiger partial charge is 0.446 e. The van der Waals surface area contributed by atoms with Gasteiger partial charge in [0.25, 0.3) is 0 Å². The number of benzene rings is 2. The molecule has 0 aliphatic carbocycles. The van der Waals surface area contributed by atoms with Crippen LogP contribution in [0, 0.1) is 0 Å². The molecule has 1 N–H and O–H groups in total. The first-order chi connectivity index (χ1) is 9.33. The average molecular weight is 247 g/mol. The normalized spacial score (nSPS) is 14.1. The molecule has 0 spiro atoms. The van der Waals surface area contributed by atoms with Crippen LogP contribution in [0.1, 0.15) is 5.56 Å². The van der Waals surface area contributed by atoms with E-state index in [1.807, 2.05) is 0 Å². The molecule has 1 aromatic heterocycles. The number of nitrogens with zero attached hydrogens (tertiary/aromatic N) is 1. The van der Waals surface area contributed by atoms with Gasteiger partial charge in [0.2, 0.25) is 0 Å². The summed E-state index contributed by atoms with van der Waals surface area (Å²) in [6.07, 6.45) is 3.93. The van der Waals surface area contributed by atoms with Crippen LogP contribution in [0.2, 0.25) is 6.32 Å². The lowest BCUT2D eigenvalue weighted by molar-refractivity contribution is 0.587. The lowest BCUT2D eigenvalue weighted by atomic mass is 9.63. The van der Waals surface area contributed by atoms with Crippen LogP contribution in [0.25, 0.3) is 16.6 Å². The lowest BCUT2D eigenvalue weighted by Crippen LogP contribution is -2.26. The third-order valence-corrected chi connectivity index (χ3v) is 4.05. The Morgan fingerprint density at radius 3 is 2.89 bits per heavy atom. The standard InChI is InChI=1S/C16H14BNO/c19-17-9-7-12-5-6-14(11-15(12)17)18-10-8-13-3-1-2-4-16(13)18/h1-6,8,10-11,19H,7,9H2. The predicted octanol–water partition coefficient (Wildman–Crippen LogP) is 2.38. The second kappa shape index (κ2) is 4.00. The number of hydrogen-bond acceptors (Lipinski definition) is 1. The smallest absolute Gasteiger partial charge is 0.324 e. The third-order valence-electron chi connectivity index (χ3n) is 4.05. The number of aromatic nitrogens is 1. The van der Waals surface area contributed by atoms with Gasteiger partial charge in [-0.25, -0.2) is 0 Å². The van der Waals surface area contributed by atoms with Crippen molar-refractivity contribution < 1.29 is 5.02 Å². The molecule has 1 aliphatic rings. The average Bonchev–Trinajstić information content (AvgIpc) is 3.03. The molecule has 2 heterocycles. The Kier molecular flexibility index (Phi) is 2.29.